The Morgan fingerprint density at radius 2 is 1.50 bits per heavy atom. The van der Waals surface area contributed by atoms with E-state index in [2.05, 4.69) is 28.1 Å². The Bertz CT molecular complexity index is 1070. The van der Waals surface area contributed by atoms with Gasteiger partial charge in [-0.05, 0) is 41.5 Å². The van der Waals surface area contributed by atoms with Gasteiger partial charge in [-0.15, -0.1) is 11.3 Å². The summed E-state index contributed by atoms with van der Waals surface area (Å²) in [6, 6.07) is 22.0. The van der Waals surface area contributed by atoms with Gasteiger partial charge in [-0.3, -0.25) is 4.79 Å². The summed E-state index contributed by atoms with van der Waals surface area (Å²) >= 11 is 5.24. The Morgan fingerprint density at radius 1 is 0.773 bits per heavy atom. The first-order valence-electron chi connectivity index (χ1n) is 6.94. The van der Waals surface area contributed by atoms with Crippen molar-refractivity contribution in [3.05, 3.63) is 81.4 Å². The second-order valence-corrected chi connectivity index (χ2v) is 7.06. The molecule has 22 heavy (non-hydrogen) atoms. The summed E-state index contributed by atoms with van der Waals surface area (Å²) in [5, 5.41) is 1.58. The molecule has 0 aliphatic rings. The number of fused-ring (bicyclic) bond motifs is 2. The molecular weight excluding hydrogens is 356 g/mol. The average molecular weight is 367 g/mol. The van der Waals surface area contributed by atoms with Crippen LogP contribution in [0.2, 0.25) is 0 Å². The maximum absolute atomic E-state index is 12.8. The predicted molar refractivity (Wildman–Crippen MR) is 98.7 cm³/mol. The lowest BCUT2D eigenvalue weighted by Crippen LogP contribution is -2.00. The van der Waals surface area contributed by atoms with Gasteiger partial charge in [0.2, 0.25) is 0 Å². The Morgan fingerprint density at radius 3 is 2.36 bits per heavy atom. The standard InChI is InChI=1S/C19H11BrOS/c20-16-7-3-1-5-13(16)12-9-10-18-15(11-12)19(21)14-6-2-4-8-17(14)22-18/h1-11H. The molecule has 1 nitrogen and oxygen atoms in total. The normalized spacial score (nSPS) is 11.1. The van der Waals surface area contributed by atoms with E-state index in [0.29, 0.717) is 0 Å². The molecule has 1 heterocycles. The van der Waals surface area contributed by atoms with E-state index in [1.54, 1.807) is 11.3 Å². The largest absolute Gasteiger partial charge is 0.289 e. The van der Waals surface area contributed by atoms with Gasteiger partial charge in [-0.2, -0.15) is 0 Å². The number of rotatable bonds is 1. The van der Waals surface area contributed by atoms with Gasteiger partial charge in [0.25, 0.3) is 0 Å². The van der Waals surface area contributed by atoms with Gasteiger partial charge < -0.3 is 0 Å². The molecule has 3 heteroatoms. The molecule has 0 N–H and O–H groups in total. The molecule has 0 bridgehead atoms. The smallest absolute Gasteiger partial charge is 0.195 e. The first kappa shape index (κ1) is 13.7. The van der Waals surface area contributed by atoms with Crippen LogP contribution < -0.4 is 5.43 Å². The van der Waals surface area contributed by atoms with Crippen LogP contribution in [-0.4, -0.2) is 0 Å². The fourth-order valence-corrected chi connectivity index (χ4v) is 4.23. The Balaban J connectivity index is 2.06. The average Bonchev–Trinajstić information content (AvgIpc) is 2.55. The molecule has 0 amide bonds. The lowest BCUT2D eigenvalue weighted by molar-refractivity contribution is 1.60. The van der Waals surface area contributed by atoms with E-state index in [-0.39, 0.29) is 5.43 Å². The van der Waals surface area contributed by atoms with Crippen LogP contribution in [0.1, 0.15) is 0 Å². The highest BCUT2D eigenvalue weighted by Gasteiger charge is 2.08. The van der Waals surface area contributed by atoms with E-state index < -0.39 is 0 Å². The van der Waals surface area contributed by atoms with Crippen molar-refractivity contribution in [2.45, 2.75) is 0 Å². The summed E-state index contributed by atoms with van der Waals surface area (Å²) in [5.74, 6) is 0. The number of benzene rings is 3. The SMILES string of the molecule is O=c1c2ccccc2sc2ccc(-c3ccccc3Br)cc12. The van der Waals surface area contributed by atoms with Crippen LogP contribution in [0.4, 0.5) is 0 Å². The molecule has 4 aromatic rings. The summed E-state index contributed by atoms with van der Waals surface area (Å²) in [5.41, 5.74) is 2.26. The van der Waals surface area contributed by atoms with Gasteiger partial charge in [0.1, 0.15) is 0 Å². The molecule has 1 aromatic heterocycles. The zero-order valence-electron chi connectivity index (χ0n) is 11.5. The van der Waals surface area contributed by atoms with Crippen LogP contribution in [0.5, 0.6) is 0 Å². The summed E-state index contributed by atoms with van der Waals surface area (Å²) in [4.78, 5) is 12.8. The first-order chi connectivity index (χ1) is 10.7. The lowest BCUT2D eigenvalue weighted by atomic mass is 10.0. The fourth-order valence-electron chi connectivity index (χ4n) is 2.67. The Hall–Kier alpha value is -1.97. The zero-order valence-corrected chi connectivity index (χ0v) is 13.9. The zero-order chi connectivity index (χ0) is 15.1. The number of hydrogen-bond donors (Lipinski definition) is 0. The monoisotopic (exact) mass is 366 g/mol. The Kier molecular flexibility index (Phi) is 3.32. The maximum Gasteiger partial charge on any atom is 0.195 e. The van der Waals surface area contributed by atoms with E-state index in [9.17, 15) is 4.79 Å². The molecule has 0 saturated heterocycles. The van der Waals surface area contributed by atoms with E-state index in [1.807, 2.05) is 54.6 Å². The molecule has 0 unspecified atom stereocenters. The van der Waals surface area contributed by atoms with Crippen molar-refractivity contribution >= 4 is 47.4 Å². The highest BCUT2D eigenvalue weighted by Crippen LogP contribution is 2.32. The van der Waals surface area contributed by atoms with Gasteiger partial charge in [0.15, 0.2) is 5.43 Å². The molecule has 106 valence electrons. The van der Waals surface area contributed by atoms with Crippen molar-refractivity contribution in [3.63, 3.8) is 0 Å². The molecule has 0 aliphatic carbocycles. The van der Waals surface area contributed by atoms with Crippen LogP contribution in [0.15, 0.2) is 76.0 Å². The third-order valence-electron chi connectivity index (χ3n) is 3.76. The van der Waals surface area contributed by atoms with Crippen LogP contribution in [-0.2, 0) is 0 Å². The highest BCUT2D eigenvalue weighted by atomic mass is 79.9. The van der Waals surface area contributed by atoms with Gasteiger partial charge in [-0.1, -0.05) is 52.3 Å². The van der Waals surface area contributed by atoms with Gasteiger partial charge in [-0.25, -0.2) is 0 Å². The minimum absolute atomic E-state index is 0.109. The van der Waals surface area contributed by atoms with E-state index >= 15 is 0 Å². The minimum atomic E-state index is 0.109. The van der Waals surface area contributed by atoms with Crippen molar-refractivity contribution in [1.29, 1.82) is 0 Å². The Labute approximate surface area is 140 Å². The third kappa shape index (κ3) is 2.18. The van der Waals surface area contributed by atoms with E-state index in [1.165, 1.54) is 0 Å². The van der Waals surface area contributed by atoms with Crippen molar-refractivity contribution in [2.75, 3.05) is 0 Å². The van der Waals surface area contributed by atoms with Crippen LogP contribution in [0.25, 0.3) is 31.3 Å². The van der Waals surface area contributed by atoms with Crippen molar-refractivity contribution in [2.24, 2.45) is 0 Å². The number of hydrogen-bond acceptors (Lipinski definition) is 2. The summed E-state index contributed by atoms with van der Waals surface area (Å²) in [6.45, 7) is 0. The summed E-state index contributed by atoms with van der Waals surface area (Å²) < 4.78 is 3.10. The minimum Gasteiger partial charge on any atom is -0.289 e. The van der Waals surface area contributed by atoms with E-state index in [0.717, 1.165) is 35.8 Å². The second kappa shape index (κ2) is 5.34. The van der Waals surface area contributed by atoms with Crippen LogP contribution in [0.3, 0.4) is 0 Å². The topological polar surface area (TPSA) is 17.1 Å². The van der Waals surface area contributed by atoms with Crippen LogP contribution in [0, 0.1) is 0 Å². The maximum atomic E-state index is 12.8. The van der Waals surface area contributed by atoms with Gasteiger partial charge in [0, 0.05) is 24.6 Å². The molecule has 4 rings (SSSR count). The lowest BCUT2D eigenvalue weighted by Gasteiger charge is -2.06. The third-order valence-corrected chi connectivity index (χ3v) is 5.60. The van der Waals surface area contributed by atoms with Gasteiger partial charge in [0.05, 0.1) is 0 Å². The summed E-state index contributed by atoms with van der Waals surface area (Å²) in [6.07, 6.45) is 0. The molecule has 3 aromatic carbocycles. The van der Waals surface area contributed by atoms with Crippen molar-refractivity contribution in [1.82, 2.24) is 0 Å². The highest BCUT2D eigenvalue weighted by molar-refractivity contribution is 9.10. The molecule has 0 fully saturated rings. The quantitative estimate of drug-likeness (QED) is 0.386. The predicted octanol–water partition coefficient (Wildman–Crippen LogP) is 5.84. The van der Waals surface area contributed by atoms with Crippen molar-refractivity contribution in [3.8, 4) is 11.1 Å². The fraction of sp³-hybridized carbons (Fsp3) is 0. The summed E-state index contributed by atoms with van der Waals surface area (Å²) in [7, 11) is 0. The number of halogens is 1. The molecule has 0 atom stereocenters. The van der Waals surface area contributed by atoms with Crippen LogP contribution >= 0.6 is 27.3 Å². The molecule has 0 aliphatic heterocycles. The molecular formula is C19H11BrOS. The molecule has 0 radical (unpaired) electrons. The van der Waals surface area contributed by atoms with E-state index in [4.69, 9.17) is 0 Å². The first-order valence-corrected chi connectivity index (χ1v) is 8.55. The van der Waals surface area contributed by atoms with Gasteiger partial charge >= 0.3 is 0 Å². The van der Waals surface area contributed by atoms with Crippen molar-refractivity contribution < 1.29 is 0 Å². The second-order valence-electron chi connectivity index (χ2n) is 5.12. The molecule has 0 saturated carbocycles. The molecule has 0 spiro atoms.